The van der Waals surface area contributed by atoms with E-state index in [1.165, 1.54) is 0 Å². The van der Waals surface area contributed by atoms with Gasteiger partial charge in [0.05, 0.1) is 18.2 Å². The van der Waals surface area contributed by atoms with Crippen molar-refractivity contribution in [3.8, 4) is 0 Å². The molecule has 3 rings (SSSR count). The maximum absolute atomic E-state index is 13.1. The molecule has 1 fully saturated rings. The number of hydrogen-bond acceptors (Lipinski definition) is 5. The number of likely N-dealkylation sites (N-methyl/N-ethyl adjacent to an activating group) is 1. The quantitative estimate of drug-likeness (QED) is 0.657. The van der Waals surface area contributed by atoms with Crippen molar-refractivity contribution in [3.63, 3.8) is 0 Å². The molecular weight excluding hydrogens is 408 g/mol. The first-order valence-corrected chi connectivity index (χ1v) is 11.5. The Morgan fingerprint density at radius 2 is 1.84 bits per heavy atom. The van der Waals surface area contributed by atoms with Crippen LogP contribution in [0, 0.1) is 0 Å². The van der Waals surface area contributed by atoms with E-state index in [0.29, 0.717) is 50.4 Å². The Morgan fingerprint density at radius 3 is 2.44 bits per heavy atom. The van der Waals surface area contributed by atoms with Crippen molar-refractivity contribution < 1.29 is 19.1 Å². The number of hydrogen-bond donors (Lipinski definition) is 1. The molecule has 0 aromatic heterocycles. The van der Waals surface area contributed by atoms with Crippen LogP contribution in [-0.4, -0.2) is 78.0 Å². The van der Waals surface area contributed by atoms with Gasteiger partial charge in [-0.1, -0.05) is 37.3 Å². The van der Waals surface area contributed by atoms with Gasteiger partial charge in [-0.25, -0.2) is 9.59 Å². The first-order chi connectivity index (χ1) is 15.4. The summed E-state index contributed by atoms with van der Waals surface area (Å²) in [6, 6.07) is 8.77. The molecule has 0 bridgehead atoms. The molecule has 0 radical (unpaired) electrons. The Labute approximate surface area is 190 Å². The Kier molecular flexibility index (Phi) is 7.90. The lowest BCUT2D eigenvalue weighted by Crippen LogP contribution is -2.56. The Morgan fingerprint density at radius 1 is 1.12 bits per heavy atom. The molecule has 174 valence electrons. The number of nitrogens with one attached hydrogen (secondary N) is 1. The highest BCUT2D eigenvalue weighted by molar-refractivity contribution is 5.95. The van der Waals surface area contributed by atoms with Crippen molar-refractivity contribution in [3.05, 3.63) is 47.2 Å². The molecule has 2 aliphatic rings. The molecule has 0 saturated carbocycles. The van der Waals surface area contributed by atoms with Crippen molar-refractivity contribution in [1.29, 1.82) is 0 Å². The van der Waals surface area contributed by atoms with Gasteiger partial charge in [-0.3, -0.25) is 14.6 Å². The summed E-state index contributed by atoms with van der Waals surface area (Å²) in [7, 11) is 0. The lowest BCUT2D eigenvalue weighted by atomic mass is 9.94. The zero-order valence-electron chi connectivity index (χ0n) is 19.5. The van der Waals surface area contributed by atoms with Crippen molar-refractivity contribution in [2.45, 2.75) is 46.2 Å². The van der Waals surface area contributed by atoms with Crippen LogP contribution in [0.1, 0.15) is 45.7 Å². The topological polar surface area (TPSA) is 82.2 Å². The second-order valence-electron chi connectivity index (χ2n) is 8.14. The van der Waals surface area contributed by atoms with Gasteiger partial charge in [0, 0.05) is 50.9 Å². The smallest absolute Gasteiger partial charge is 0.338 e. The first kappa shape index (κ1) is 23.8. The number of ether oxygens (including phenoxy) is 1. The predicted octanol–water partition coefficient (Wildman–Crippen LogP) is 2.53. The van der Waals surface area contributed by atoms with Gasteiger partial charge in [0.1, 0.15) is 0 Å². The maximum Gasteiger partial charge on any atom is 0.338 e. The molecule has 1 N–H and O–H groups in total. The summed E-state index contributed by atoms with van der Waals surface area (Å²) in [5.74, 6) is -0.261. The van der Waals surface area contributed by atoms with E-state index < -0.39 is 12.0 Å². The summed E-state index contributed by atoms with van der Waals surface area (Å²) in [6.07, 6.45) is 0.491. The molecule has 2 heterocycles. The highest BCUT2D eigenvalue weighted by Gasteiger charge is 2.39. The molecule has 1 saturated heterocycles. The molecule has 0 aliphatic carbocycles. The van der Waals surface area contributed by atoms with E-state index >= 15 is 0 Å². The van der Waals surface area contributed by atoms with Gasteiger partial charge in [-0.05, 0) is 26.3 Å². The molecule has 0 spiro atoms. The van der Waals surface area contributed by atoms with E-state index in [4.69, 9.17) is 4.74 Å². The van der Waals surface area contributed by atoms with E-state index in [0.717, 1.165) is 5.56 Å². The molecular formula is C24H34N4O4. The van der Waals surface area contributed by atoms with Crippen LogP contribution in [0.5, 0.6) is 0 Å². The number of carbonyl (C=O) groups excluding carboxylic acids is 3. The minimum atomic E-state index is -0.569. The van der Waals surface area contributed by atoms with Crippen LogP contribution in [0.3, 0.4) is 0 Å². The summed E-state index contributed by atoms with van der Waals surface area (Å²) >= 11 is 0. The van der Waals surface area contributed by atoms with Crippen LogP contribution in [0.25, 0.3) is 0 Å². The van der Waals surface area contributed by atoms with Crippen LogP contribution in [0.2, 0.25) is 0 Å². The molecule has 8 heteroatoms. The lowest BCUT2D eigenvalue weighted by molar-refractivity contribution is -0.139. The normalized spacial score (nSPS) is 22.1. The van der Waals surface area contributed by atoms with Gasteiger partial charge in [0.15, 0.2) is 0 Å². The van der Waals surface area contributed by atoms with Crippen molar-refractivity contribution in [2.24, 2.45) is 0 Å². The zero-order valence-corrected chi connectivity index (χ0v) is 19.5. The fourth-order valence-corrected chi connectivity index (χ4v) is 4.52. The number of nitrogens with zero attached hydrogens (tertiary/aromatic N) is 3. The maximum atomic E-state index is 13.1. The molecule has 32 heavy (non-hydrogen) atoms. The highest BCUT2D eigenvalue weighted by Crippen LogP contribution is 2.32. The number of amides is 3. The number of esters is 1. The Bertz CT molecular complexity index is 870. The molecule has 2 atom stereocenters. The molecule has 8 nitrogen and oxygen atoms in total. The van der Waals surface area contributed by atoms with Crippen molar-refractivity contribution in [2.75, 3.05) is 39.3 Å². The van der Waals surface area contributed by atoms with Gasteiger partial charge >= 0.3 is 12.0 Å². The molecule has 2 aliphatic heterocycles. The lowest BCUT2D eigenvalue weighted by Gasteiger charge is -2.42. The van der Waals surface area contributed by atoms with Crippen LogP contribution in [0.15, 0.2) is 41.6 Å². The SMILES string of the molecule is CCOC(=O)C1=C(CN2CCN(C(=O)CC)[C@H](C)C2)N(CC)C(=O)N[C@@H]1c1ccccc1. The first-order valence-electron chi connectivity index (χ1n) is 11.5. The average Bonchev–Trinajstić information content (AvgIpc) is 2.79. The average molecular weight is 443 g/mol. The number of rotatable bonds is 7. The second kappa shape index (κ2) is 10.6. The fourth-order valence-electron chi connectivity index (χ4n) is 4.52. The monoisotopic (exact) mass is 442 g/mol. The van der Waals surface area contributed by atoms with Crippen LogP contribution >= 0.6 is 0 Å². The van der Waals surface area contributed by atoms with E-state index in [1.54, 1.807) is 11.8 Å². The van der Waals surface area contributed by atoms with E-state index in [1.807, 2.05) is 56.0 Å². The van der Waals surface area contributed by atoms with Gasteiger partial charge in [-0.2, -0.15) is 0 Å². The third kappa shape index (κ3) is 4.96. The van der Waals surface area contributed by atoms with Crippen LogP contribution < -0.4 is 5.32 Å². The Balaban J connectivity index is 1.97. The third-order valence-electron chi connectivity index (χ3n) is 6.09. The molecule has 3 amide bonds. The molecule has 0 unspecified atom stereocenters. The minimum absolute atomic E-state index is 0.0697. The summed E-state index contributed by atoms with van der Waals surface area (Å²) in [5.41, 5.74) is 1.98. The fraction of sp³-hybridized carbons (Fsp3) is 0.542. The van der Waals surface area contributed by atoms with Crippen molar-refractivity contribution >= 4 is 17.9 Å². The molecule has 1 aromatic rings. The van der Waals surface area contributed by atoms with Gasteiger partial charge in [0.2, 0.25) is 5.91 Å². The summed E-state index contributed by atoms with van der Waals surface area (Å²) in [5, 5.41) is 2.99. The molecule has 1 aromatic carbocycles. The van der Waals surface area contributed by atoms with Crippen LogP contribution in [0.4, 0.5) is 4.79 Å². The van der Waals surface area contributed by atoms with Gasteiger partial charge < -0.3 is 15.0 Å². The second-order valence-corrected chi connectivity index (χ2v) is 8.14. The number of urea groups is 1. The van der Waals surface area contributed by atoms with E-state index in [9.17, 15) is 14.4 Å². The van der Waals surface area contributed by atoms with Gasteiger partial charge in [0.25, 0.3) is 0 Å². The number of piperazine rings is 1. The number of benzene rings is 1. The van der Waals surface area contributed by atoms with Crippen LogP contribution in [-0.2, 0) is 14.3 Å². The van der Waals surface area contributed by atoms with Crippen molar-refractivity contribution in [1.82, 2.24) is 20.0 Å². The summed E-state index contributed by atoms with van der Waals surface area (Å²) in [6.45, 7) is 10.7. The zero-order chi connectivity index (χ0) is 23.3. The van der Waals surface area contributed by atoms with E-state index in [2.05, 4.69) is 10.2 Å². The highest BCUT2D eigenvalue weighted by atomic mass is 16.5. The standard InChI is InChI=1S/C24H34N4O4/c1-5-20(29)28-14-13-26(15-17(28)4)16-19-21(23(30)32-7-3)22(18-11-9-8-10-12-18)25-24(31)27(19)6-2/h8-12,17,22H,5-7,13-16H2,1-4H3,(H,25,31)/t17-,22-/m1/s1. The largest absolute Gasteiger partial charge is 0.463 e. The summed E-state index contributed by atoms with van der Waals surface area (Å²) < 4.78 is 5.42. The predicted molar refractivity (Wildman–Crippen MR) is 122 cm³/mol. The number of carbonyl (C=O) groups is 3. The Hall–Kier alpha value is -2.87. The minimum Gasteiger partial charge on any atom is -0.463 e. The van der Waals surface area contributed by atoms with E-state index in [-0.39, 0.29) is 24.6 Å². The third-order valence-corrected chi connectivity index (χ3v) is 6.09. The summed E-state index contributed by atoms with van der Waals surface area (Å²) in [4.78, 5) is 44.1. The van der Waals surface area contributed by atoms with Gasteiger partial charge in [-0.15, -0.1) is 0 Å².